The summed E-state index contributed by atoms with van der Waals surface area (Å²) in [5, 5.41) is 9.83. The van der Waals surface area contributed by atoms with Gasteiger partial charge in [0.2, 0.25) is 0 Å². The van der Waals surface area contributed by atoms with Gasteiger partial charge >= 0.3 is 0 Å². The van der Waals surface area contributed by atoms with Crippen LogP contribution < -0.4 is 16.0 Å². The van der Waals surface area contributed by atoms with E-state index in [1.807, 2.05) is 0 Å². The third-order valence-corrected chi connectivity index (χ3v) is 5.05. The van der Waals surface area contributed by atoms with Crippen LogP contribution in [0.3, 0.4) is 0 Å². The van der Waals surface area contributed by atoms with Crippen LogP contribution in [0.2, 0.25) is 0 Å². The zero-order valence-corrected chi connectivity index (χ0v) is 16.1. The van der Waals surface area contributed by atoms with E-state index in [0.29, 0.717) is 23.2 Å². The smallest absolute Gasteiger partial charge is 0.266 e. The lowest BCUT2D eigenvalue weighted by Gasteiger charge is -2.20. The van der Waals surface area contributed by atoms with Crippen LogP contribution in [0, 0.1) is 18.7 Å². The maximum absolute atomic E-state index is 14.5. The number of hydrogen-bond donors (Lipinski definition) is 3. The third-order valence-electron chi connectivity index (χ3n) is 5.05. The SMILES string of the molecule is Cc1ncc(NCCC2CCNC2)c(N[C@H](C)c2cccc(C(F)F)c2F)n1. The van der Waals surface area contributed by atoms with Gasteiger partial charge in [-0.1, -0.05) is 18.2 Å². The van der Waals surface area contributed by atoms with Gasteiger partial charge in [0.25, 0.3) is 6.43 Å². The number of halogens is 3. The number of nitrogens with one attached hydrogen (secondary N) is 3. The molecule has 3 N–H and O–H groups in total. The van der Waals surface area contributed by atoms with Crippen molar-refractivity contribution in [1.82, 2.24) is 15.3 Å². The Morgan fingerprint density at radius 3 is 2.79 bits per heavy atom. The molecule has 1 unspecified atom stereocenters. The van der Waals surface area contributed by atoms with Gasteiger partial charge in [-0.25, -0.2) is 23.1 Å². The molecule has 0 bridgehead atoms. The molecule has 0 saturated carbocycles. The summed E-state index contributed by atoms with van der Waals surface area (Å²) >= 11 is 0. The van der Waals surface area contributed by atoms with E-state index in [4.69, 9.17) is 0 Å². The lowest BCUT2D eigenvalue weighted by molar-refractivity contribution is 0.146. The van der Waals surface area contributed by atoms with E-state index in [1.165, 1.54) is 18.6 Å². The highest BCUT2D eigenvalue weighted by molar-refractivity contribution is 5.63. The number of anilines is 2. The van der Waals surface area contributed by atoms with Gasteiger partial charge in [0.1, 0.15) is 11.6 Å². The molecule has 2 aromatic rings. The largest absolute Gasteiger partial charge is 0.381 e. The topological polar surface area (TPSA) is 61.9 Å². The molecule has 1 aliphatic heterocycles. The van der Waals surface area contributed by atoms with E-state index in [-0.39, 0.29) is 5.56 Å². The van der Waals surface area contributed by atoms with Gasteiger partial charge in [-0.05, 0) is 45.7 Å². The average molecular weight is 393 g/mol. The molecule has 5 nitrogen and oxygen atoms in total. The molecule has 8 heteroatoms. The standard InChI is InChI=1S/C20H26F3N5/c1-12(15-4-3-5-16(18(15)21)19(22)23)27-20-17(11-26-13(2)28-20)25-9-7-14-6-8-24-10-14/h3-5,11-12,14,19,24-25H,6-10H2,1-2H3,(H,26,27,28)/t12-,14?/m1/s1. The molecule has 2 heterocycles. The predicted molar refractivity (Wildman–Crippen MR) is 104 cm³/mol. The Morgan fingerprint density at radius 2 is 2.07 bits per heavy atom. The van der Waals surface area contributed by atoms with Crippen molar-refractivity contribution in [3.05, 3.63) is 47.2 Å². The van der Waals surface area contributed by atoms with E-state index in [1.54, 1.807) is 20.0 Å². The molecule has 1 aromatic heterocycles. The Labute approximate surface area is 163 Å². The van der Waals surface area contributed by atoms with Crippen LogP contribution in [-0.2, 0) is 0 Å². The van der Waals surface area contributed by atoms with Gasteiger partial charge in [0.05, 0.1) is 23.5 Å². The van der Waals surface area contributed by atoms with E-state index in [9.17, 15) is 13.2 Å². The number of hydrogen-bond acceptors (Lipinski definition) is 5. The van der Waals surface area contributed by atoms with Crippen molar-refractivity contribution in [3.8, 4) is 0 Å². The van der Waals surface area contributed by atoms with Gasteiger partial charge < -0.3 is 16.0 Å². The van der Waals surface area contributed by atoms with Crippen LogP contribution >= 0.6 is 0 Å². The first kappa shape index (κ1) is 20.4. The van der Waals surface area contributed by atoms with Gasteiger partial charge in [-0.3, -0.25) is 0 Å². The van der Waals surface area contributed by atoms with Crippen LogP contribution in [0.15, 0.2) is 24.4 Å². The minimum atomic E-state index is -2.85. The van der Waals surface area contributed by atoms with Crippen molar-refractivity contribution >= 4 is 11.5 Å². The molecule has 1 aliphatic rings. The van der Waals surface area contributed by atoms with Crippen molar-refractivity contribution < 1.29 is 13.2 Å². The molecule has 0 spiro atoms. The average Bonchev–Trinajstić information content (AvgIpc) is 3.17. The summed E-state index contributed by atoms with van der Waals surface area (Å²) in [7, 11) is 0. The Hall–Kier alpha value is -2.35. The van der Waals surface area contributed by atoms with Gasteiger partial charge in [0, 0.05) is 12.1 Å². The van der Waals surface area contributed by atoms with Crippen LogP contribution in [0.5, 0.6) is 0 Å². The lowest BCUT2D eigenvalue weighted by Crippen LogP contribution is -2.16. The third kappa shape index (κ3) is 4.92. The molecule has 1 fully saturated rings. The predicted octanol–water partition coefficient (Wildman–Crippen LogP) is 4.45. The fourth-order valence-corrected chi connectivity index (χ4v) is 3.44. The number of nitrogens with zero attached hydrogens (tertiary/aromatic N) is 2. The number of aryl methyl sites for hydroxylation is 1. The molecular weight excluding hydrogens is 367 g/mol. The molecule has 28 heavy (non-hydrogen) atoms. The zero-order valence-electron chi connectivity index (χ0n) is 16.1. The Balaban J connectivity index is 1.72. The maximum atomic E-state index is 14.5. The monoisotopic (exact) mass is 393 g/mol. The van der Waals surface area contributed by atoms with Gasteiger partial charge in [-0.2, -0.15) is 0 Å². The first-order chi connectivity index (χ1) is 13.5. The molecule has 0 aliphatic carbocycles. The first-order valence-electron chi connectivity index (χ1n) is 9.57. The summed E-state index contributed by atoms with van der Waals surface area (Å²) in [5.74, 6) is 0.875. The summed E-state index contributed by atoms with van der Waals surface area (Å²) in [6, 6.07) is 3.52. The zero-order chi connectivity index (χ0) is 20.1. The highest BCUT2D eigenvalue weighted by atomic mass is 19.3. The van der Waals surface area contributed by atoms with Crippen molar-refractivity contribution in [2.45, 2.75) is 39.2 Å². The Morgan fingerprint density at radius 1 is 1.29 bits per heavy atom. The minimum absolute atomic E-state index is 0.178. The fourth-order valence-electron chi connectivity index (χ4n) is 3.44. The van der Waals surface area contributed by atoms with Crippen molar-refractivity contribution in [2.75, 3.05) is 30.3 Å². The summed E-state index contributed by atoms with van der Waals surface area (Å²) in [6.45, 7) is 6.36. The van der Waals surface area contributed by atoms with E-state index in [2.05, 4.69) is 25.9 Å². The molecule has 0 amide bonds. The number of aromatic nitrogens is 2. The summed E-state index contributed by atoms with van der Waals surface area (Å²) in [5.41, 5.74) is 0.305. The summed E-state index contributed by atoms with van der Waals surface area (Å²) in [4.78, 5) is 8.63. The second-order valence-corrected chi connectivity index (χ2v) is 7.17. The summed E-state index contributed by atoms with van der Waals surface area (Å²) in [6.07, 6.45) is 1.04. The highest BCUT2D eigenvalue weighted by Crippen LogP contribution is 2.30. The van der Waals surface area contributed by atoms with Crippen molar-refractivity contribution in [1.29, 1.82) is 0 Å². The van der Waals surface area contributed by atoms with E-state index >= 15 is 0 Å². The Bertz CT molecular complexity index is 793. The molecule has 1 saturated heterocycles. The number of benzene rings is 1. The van der Waals surface area contributed by atoms with Gasteiger partial charge in [0.15, 0.2) is 5.82 Å². The number of alkyl halides is 2. The van der Waals surface area contributed by atoms with E-state index in [0.717, 1.165) is 32.1 Å². The van der Waals surface area contributed by atoms with Gasteiger partial charge in [-0.15, -0.1) is 0 Å². The molecule has 152 valence electrons. The maximum Gasteiger partial charge on any atom is 0.266 e. The first-order valence-corrected chi connectivity index (χ1v) is 9.57. The lowest BCUT2D eigenvalue weighted by atomic mass is 10.0. The van der Waals surface area contributed by atoms with Crippen LogP contribution in [0.25, 0.3) is 0 Å². The fraction of sp³-hybridized carbons (Fsp3) is 0.500. The molecule has 1 aromatic carbocycles. The van der Waals surface area contributed by atoms with Crippen LogP contribution in [0.1, 0.15) is 49.2 Å². The summed E-state index contributed by atoms with van der Waals surface area (Å²) < 4.78 is 40.4. The molecular formula is C20H26F3N5. The van der Waals surface area contributed by atoms with Crippen molar-refractivity contribution in [3.63, 3.8) is 0 Å². The van der Waals surface area contributed by atoms with Crippen LogP contribution in [0.4, 0.5) is 24.7 Å². The quantitative estimate of drug-likeness (QED) is 0.619. The van der Waals surface area contributed by atoms with Crippen LogP contribution in [-0.4, -0.2) is 29.6 Å². The second kappa shape index (κ2) is 9.23. The second-order valence-electron chi connectivity index (χ2n) is 7.17. The van der Waals surface area contributed by atoms with Crippen molar-refractivity contribution in [2.24, 2.45) is 5.92 Å². The Kier molecular flexibility index (Phi) is 6.72. The van der Waals surface area contributed by atoms with E-state index < -0.39 is 23.8 Å². The highest BCUT2D eigenvalue weighted by Gasteiger charge is 2.20. The molecule has 0 radical (unpaired) electrons. The normalized spacial score (nSPS) is 17.7. The molecule has 2 atom stereocenters. The number of rotatable bonds is 8. The minimum Gasteiger partial charge on any atom is -0.381 e. The molecule has 3 rings (SSSR count).